The van der Waals surface area contributed by atoms with Crippen LogP contribution in [0.4, 0.5) is 0 Å². The van der Waals surface area contributed by atoms with Crippen molar-refractivity contribution < 1.29 is 0 Å². The molecule has 9 aromatic carbocycles. The smallest absolute Gasteiger partial charge is 0.165 e. The zero-order chi connectivity index (χ0) is 35.3. The third kappa shape index (κ3) is 4.13. The summed E-state index contributed by atoms with van der Waals surface area (Å²) in [5, 5.41) is 12.0. The molecule has 0 amide bonds. The fourth-order valence-corrected chi connectivity index (χ4v) is 8.82. The van der Waals surface area contributed by atoms with Gasteiger partial charge in [-0.05, 0) is 75.5 Å². The highest BCUT2D eigenvalue weighted by Crippen LogP contribution is 2.42. The molecule has 0 N–H and O–H groups in total. The number of benzene rings is 9. The van der Waals surface area contributed by atoms with E-state index in [2.05, 4.69) is 179 Å². The number of hydrogen-bond donors (Lipinski definition) is 0. The second kappa shape index (κ2) is 11.1. The van der Waals surface area contributed by atoms with Gasteiger partial charge in [0.25, 0.3) is 0 Å². The monoisotopic (exact) mass is 686 g/mol. The van der Waals surface area contributed by atoms with E-state index < -0.39 is 0 Å². The molecule has 0 bridgehead atoms. The van der Waals surface area contributed by atoms with E-state index in [1.807, 2.05) is 12.1 Å². The van der Waals surface area contributed by atoms with Crippen LogP contribution in [0.25, 0.3) is 110 Å². The first-order valence-corrected chi connectivity index (χ1v) is 18.4. The Labute approximate surface area is 309 Å². The molecule has 12 rings (SSSR count). The van der Waals surface area contributed by atoms with Crippen LogP contribution < -0.4 is 0 Å². The van der Waals surface area contributed by atoms with Crippen LogP contribution in [-0.4, -0.2) is 19.1 Å². The number of rotatable bonds is 3. The van der Waals surface area contributed by atoms with Crippen molar-refractivity contribution in [2.45, 2.75) is 0 Å². The molecule has 12 aromatic rings. The summed E-state index contributed by atoms with van der Waals surface area (Å²) < 4.78 is 4.80. The van der Waals surface area contributed by atoms with Crippen molar-refractivity contribution >= 4 is 87.0 Å². The molecule has 0 spiro atoms. The van der Waals surface area contributed by atoms with Crippen LogP contribution in [0.2, 0.25) is 0 Å². The van der Waals surface area contributed by atoms with E-state index in [1.165, 1.54) is 59.5 Å². The second-order valence-corrected chi connectivity index (χ2v) is 14.2. The van der Waals surface area contributed by atoms with Gasteiger partial charge in [-0.3, -0.25) is 4.57 Å². The molecule has 0 fully saturated rings. The van der Waals surface area contributed by atoms with Crippen molar-refractivity contribution in [2.75, 3.05) is 0 Å². The van der Waals surface area contributed by atoms with Crippen molar-refractivity contribution in [1.29, 1.82) is 0 Å². The van der Waals surface area contributed by atoms with Crippen LogP contribution in [0, 0.1) is 0 Å². The maximum absolute atomic E-state index is 5.46. The summed E-state index contributed by atoms with van der Waals surface area (Å²) in [5.41, 5.74) is 9.37. The van der Waals surface area contributed by atoms with Crippen LogP contribution in [-0.2, 0) is 0 Å². The summed E-state index contributed by atoms with van der Waals surface area (Å²) in [6.07, 6.45) is 0. The Morgan fingerprint density at radius 2 is 0.944 bits per heavy atom. The van der Waals surface area contributed by atoms with Crippen molar-refractivity contribution in [2.24, 2.45) is 0 Å². The lowest BCUT2D eigenvalue weighted by atomic mass is 10.0. The number of fused-ring (bicyclic) bond motifs is 11. The van der Waals surface area contributed by atoms with E-state index in [4.69, 9.17) is 9.97 Å². The molecule has 0 aliphatic rings. The van der Waals surface area contributed by atoms with E-state index in [-0.39, 0.29) is 0 Å². The Morgan fingerprint density at radius 1 is 0.333 bits per heavy atom. The molecule has 0 unspecified atom stereocenters. The Morgan fingerprint density at radius 3 is 1.78 bits per heavy atom. The predicted octanol–water partition coefficient (Wildman–Crippen LogP) is 13.0. The molecule has 3 heterocycles. The molecule has 0 aliphatic carbocycles. The summed E-state index contributed by atoms with van der Waals surface area (Å²) in [7, 11) is 0. The SMILES string of the molecule is c1ccc2cc3c(cc2c1)c1cc(-n2c4ccccc4c4ccc5ccccc5c42)ccc1n3-c1nc2ccccc2nc1-c1cccc2ccccc12. The zero-order valence-electron chi connectivity index (χ0n) is 29.1. The van der Waals surface area contributed by atoms with Crippen LogP contribution in [0.5, 0.6) is 0 Å². The van der Waals surface area contributed by atoms with E-state index in [9.17, 15) is 0 Å². The Bertz CT molecular complexity index is 3510. The first-order valence-electron chi connectivity index (χ1n) is 18.4. The highest BCUT2D eigenvalue weighted by atomic mass is 15.1. The zero-order valence-corrected chi connectivity index (χ0v) is 29.1. The van der Waals surface area contributed by atoms with Crippen molar-refractivity contribution in [3.8, 4) is 22.8 Å². The van der Waals surface area contributed by atoms with Crippen molar-refractivity contribution in [1.82, 2.24) is 19.1 Å². The van der Waals surface area contributed by atoms with E-state index in [0.717, 1.165) is 50.2 Å². The molecule has 4 heteroatoms. The first-order chi connectivity index (χ1) is 26.8. The maximum Gasteiger partial charge on any atom is 0.165 e. The van der Waals surface area contributed by atoms with Gasteiger partial charge < -0.3 is 4.57 Å². The molecule has 0 radical (unpaired) electrons. The average Bonchev–Trinajstić information content (AvgIpc) is 3.74. The summed E-state index contributed by atoms with van der Waals surface area (Å²) in [6.45, 7) is 0. The van der Waals surface area contributed by atoms with Crippen LogP contribution in [0.15, 0.2) is 182 Å². The highest BCUT2D eigenvalue weighted by molar-refractivity contribution is 6.19. The van der Waals surface area contributed by atoms with Gasteiger partial charge in [0.2, 0.25) is 0 Å². The van der Waals surface area contributed by atoms with Crippen LogP contribution in [0.3, 0.4) is 0 Å². The van der Waals surface area contributed by atoms with Gasteiger partial charge in [0.05, 0.1) is 33.1 Å². The average molecular weight is 687 g/mol. The second-order valence-electron chi connectivity index (χ2n) is 14.2. The van der Waals surface area contributed by atoms with Gasteiger partial charge >= 0.3 is 0 Å². The molecule has 3 aromatic heterocycles. The van der Waals surface area contributed by atoms with Gasteiger partial charge in [-0.25, -0.2) is 9.97 Å². The quantitative estimate of drug-likeness (QED) is 0.185. The van der Waals surface area contributed by atoms with Crippen LogP contribution >= 0.6 is 0 Å². The third-order valence-corrected chi connectivity index (χ3v) is 11.2. The number of para-hydroxylation sites is 3. The molecule has 54 heavy (non-hydrogen) atoms. The van der Waals surface area contributed by atoms with Gasteiger partial charge in [-0.1, -0.05) is 133 Å². The molecule has 0 saturated heterocycles. The Balaban J connectivity index is 1.22. The third-order valence-electron chi connectivity index (χ3n) is 11.2. The number of hydrogen-bond acceptors (Lipinski definition) is 2. The normalized spacial score (nSPS) is 12.1. The van der Waals surface area contributed by atoms with Gasteiger partial charge in [0.15, 0.2) is 5.82 Å². The van der Waals surface area contributed by atoms with E-state index in [0.29, 0.717) is 0 Å². The fraction of sp³-hybridized carbons (Fsp3) is 0. The Kier molecular flexibility index (Phi) is 6.02. The standard InChI is InChI=1S/C50H30N4/c1-2-15-34-29-47-41(28-33(34)14-1)42-30-35(53-45-23-10-7-19-38(45)40-26-24-32-13-4-6-18-37(32)49(40)53)25-27-46(42)54(47)50-48(51-43-21-8-9-22-44(43)52-50)39-20-11-16-31-12-3-5-17-36(31)39/h1-30H. The molecular weight excluding hydrogens is 657 g/mol. The minimum absolute atomic E-state index is 0.816. The van der Waals surface area contributed by atoms with Crippen molar-refractivity contribution in [3.63, 3.8) is 0 Å². The lowest BCUT2D eigenvalue weighted by Gasteiger charge is -2.15. The lowest BCUT2D eigenvalue weighted by Crippen LogP contribution is -2.04. The van der Waals surface area contributed by atoms with E-state index >= 15 is 0 Å². The fourth-order valence-electron chi connectivity index (χ4n) is 8.82. The molecular formula is C50H30N4. The first kappa shape index (κ1) is 29.3. The van der Waals surface area contributed by atoms with Gasteiger partial charge in [-0.2, -0.15) is 0 Å². The lowest BCUT2D eigenvalue weighted by molar-refractivity contribution is 1.08. The summed E-state index contributed by atoms with van der Waals surface area (Å²) >= 11 is 0. The highest BCUT2D eigenvalue weighted by Gasteiger charge is 2.22. The minimum atomic E-state index is 0.816. The van der Waals surface area contributed by atoms with Crippen molar-refractivity contribution in [3.05, 3.63) is 182 Å². The summed E-state index contributed by atoms with van der Waals surface area (Å²) in [4.78, 5) is 10.9. The summed E-state index contributed by atoms with van der Waals surface area (Å²) in [5.74, 6) is 0.816. The Hall–Kier alpha value is -7.30. The molecule has 0 aliphatic heterocycles. The van der Waals surface area contributed by atoms with E-state index in [1.54, 1.807) is 0 Å². The van der Waals surface area contributed by atoms with Gasteiger partial charge in [0.1, 0.15) is 5.69 Å². The summed E-state index contributed by atoms with van der Waals surface area (Å²) in [6, 6.07) is 65.5. The van der Waals surface area contributed by atoms with Crippen LogP contribution in [0.1, 0.15) is 0 Å². The largest absolute Gasteiger partial charge is 0.309 e. The minimum Gasteiger partial charge on any atom is -0.309 e. The van der Waals surface area contributed by atoms with Gasteiger partial charge in [0, 0.05) is 38.2 Å². The number of nitrogens with zero attached hydrogens (tertiary/aromatic N) is 4. The number of aromatic nitrogens is 4. The van der Waals surface area contributed by atoms with Gasteiger partial charge in [-0.15, -0.1) is 0 Å². The molecule has 250 valence electrons. The molecule has 0 saturated carbocycles. The predicted molar refractivity (Wildman–Crippen MR) is 226 cm³/mol. The molecule has 4 nitrogen and oxygen atoms in total. The maximum atomic E-state index is 5.46. The molecule has 0 atom stereocenters. The topological polar surface area (TPSA) is 35.6 Å².